The molecule has 24 heavy (non-hydrogen) atoms. The number of aryl methyl sites for hydroxylation is 1. The summed E-state index contributed by atoms with van der Waals surface area (Å²) in [6.07, 6.45) is 0. The molecule has 0 heterocycles. The van der Waals surface area contributed by atoms with Gasteiger partial charge in [-0.3, -0.25) is 4.79 Å². The third kappa shape index (κ3) is 4.36. The third-order valence-corrected chi connectivity index (χ3v) is 4.85. The van der Waals surface area contributed by atoms with Crippen molar-refractivity contribution in [3.05, 3.63) is 59.7 Å². The normalized spacial score (nSPS) is 12.7. The van der Waals surface area contributed by atoms with Crippen LogP contribution in [0.5, 0.6) is 0 Å². The van der Waals surface area contributed by atoms with Gasteiger partial charge in [0.2, 0.25) is 15.9 Å². The molecule has 1 unspecified atom stereocenters. The largest absolute Gasteiger partial charge is 0.325 e. The predicted octanol–water partition coefficient (Wildman–Crippen LogP) is 2.58. The molecule has 0 aliphatic carbocycles. The number of hydrogen-bond donors (Lipinski definition) is 2. The third-order valence-electron chi connectivity index (χ3n) is 3.29. The Morgan fingerprint density at radius 1 is 1.08 bits per heavy atom. The molecule has 0 aromatic heterocycles. The van der Waals surface area contributed by atoms with Crippen LogP contribution in [0.15, 0.2) is 47.4 Å². The van der Waals surface area contributed by atoms with Crippen LogP contribution in [0.4, 0.5) is 14.5 Å². The minimum atomic E-state index is -3.98. The van der Waals surface area contributed by atoms with Gasteiger partial charge >= 0.3 is 0 Å². The van der Waals surface area contributed by atoms with Crippen molar-refractivity contribution in [2.75, 3.05) is 5.32 Å². The highest BCUT2D eigenvalue weighted by Crippen LogP contribution is 2.14. The summed E-state index contributed by atoms with van der Waals surface area (Å²) in [4.78, 5) is 11.9. The Kier molecular flexibility index (Phi) is 5.30. The van der Waals surface area contributed by atoms with Gasteiger partial charge < -0.3 is 5.32 Å². The van der Waals surface area contributed by atoms with Gasteiger partial charge in [-0.05, 0) is 55.8 Å². The Bertz CT molecular complexity index is 852. The average Bonchev–Trinajstić information content (AvgIpc) is 2.51. The van der Waals surface area contributed by atoms with E-state index in [0.29, 0.717) is 5.56 Å². The average molecular weight is 354 g/mol. The van der Waals surface area contributed by atoms with E-state index >= 15 is 0 Å². The molecule has 0 radical (unpaired) electrons. The summed E-state index contributed by atoms with van der Waals surface area (Å²) in [6, 6.07) is 7.26. The highest BCUT2D eigenvalue weighted by atomic mass is 32.2. The first-order chi connectivity index (χ1) is 11.2. The quantitative estimate of drug-likeness (QED) is 0.867. The molecule has 2 N–H and O–H groups in total. The van der Waals surface area contributed by atoms with Crippen LogP contribution >= 0.6 is 0 Å². The van der Waals surface area contributed by atoms with Gasteiger partial charge in [0.25, 0.3) is 0 Å². The van der Waals surface area contributed by atoms with Crippen LogP contribution in [-0.2, 0) is 14.8 Å². The monoisotopic (exact) mass is 354 g/mol. The molecule has 0 aliphatic rings. The molecular formula is C16H16F2N2O3S. The van der Waals surface area contributed by atoms with Gasteiger partial charge in [0.05, 0.1) is 10.9 Å². The number of amides is 1. The van der Waals surface area contributed by atoms with Crippen LogP contribution in [0, 0.1) is 18.6 Å². The van der Waals surface area contributed by atoms with E-state index in [1.165, 1.54) is 19.1 Å². The van der Waals surface area contributed by atoms with Crippen molar-refractivity contribution in [1.82, 2.24) is 4.72 Å². The van der Waals surface area contributed by atoms with Crippen molar-refractivity contribution in [2.45, 2.75) is 24.8 Å². The highest BCUT2D eigenvalue weighted by molar-refractivity contribution is 7.89. The van der Waals surface area contributed by atoms with Crippen molar-refractivity contribution < 1.29 is 22.0 Å². The lowest BCUT2D eigenvalue weighted by Gasteiger charge is -2.15. The van der Waals surface area contributed by atoms with Crippen LogP contribution in [0.1, 0.15) is 12.5 Å². The molecule has 0 saturated carbocycles. The number of nitrogens with one attached hydrogen (secondary N) is 2. The molecule has 0 spiro atoms. The van der Waals surface area contributed by atoms with Gasteiger partial charge in [0.1, 0.15) is 11.6 Å². The maximum absolute atomic E-state index is 13.5. The summed E-state index contributed by atoms with van der Waals surface area (Å²) >= 11 is 0. The number of sulfonamides is 1. The maximum atomic E-state index is 13.5. The van der Waals surface area contributed by atoms with E-state index in [0.717, 1.165) is 30.3 Å². The van der Waals surface area contributed by atoms with Gasteiger partial charge in [-0.2, -0.15) is 4.72 Å². The molecule has 8 heteroatoms. The number of carbonyl (C=O) groups is 1. The lowest BCUT2D eigenvalue weighted by atomic mass is 10.2. The van der Waals surface area contributed by atoms with Gasteiger partial charge in [-0.1, -0.05) is 6.07 Å². The van der Waals surface area contributed by atoms with E-state index in [4.69, 9.17) is 0 Å². The Labute approximate surface area is 138 Å². The van der Waals surface area contributed by atoms with Crippen molar-refractivity contribution >= 4 is 21.6 Å². The van der Waals surface area contributed by atoms with Crippen LogP contribution in [0.3, 0.4) is 0 Å². The molecule has 2 aromatic rings. The van der Waals surface area contributed by atoms with Crippen molar-refractivity contribution in [3.8, 4) is 0 Å². The summed E-state index contributed by atoms with van der Waals surface area (Å²) < 4.78 is 52.8. The second kappa shape index (κ2) is 7.06. The topological polar surface area (TPSA) is 75.3 Å². The molecule has 0 saturated heterocycles. The first kappa shape index (κ1) is 18.0. The van der Waals surface area contributed by atoms with Crippen LogP contribution in [0.25, 0.3) is 0 Å². The van der Waals surface area contributed by atoms with E-state index in [1.807, 2.05) is 0 Å². The SMILES string of the molecule is Cc1ccc(NC(=O)C(C)NS(=O)(=O)c2ccc(F)cc2)cc1F. The van der Waals surface area contributed by atoms with Crippen molar-refractivity contribution in [1.29, 1.82) is 0 Å². The molecular weight excluding hydrogens is 338 g/mol. The Morgan fingerprint density at radius 3 is 2.29 bits per heavy atom. The molecule has 0 aliphatic heterocycles. The maximum Gasteiger partial charge on any atom is 0.242 e. The Morgan fingerprint density at radius 2 is 1.71 bits per heavy atom. The second-order valence-electron chi connectivity index (χ2n) is 5.25. The van der Waals surface area contributed by atoms with Crippen LogP contribution in [0.2, 0.25) is 0 Å². The molecule has 1 amide bonds. The van der Waals surface area contributed by atoms with Gasteiger partial charge in [-0.15, -0.1) is 0 Å². The second-order valence-corrected chi connectivity index (χ2v) is 6.96. The van der Waals surface area contributed by atoms with Gasteiger partial charge in [0.15, 0.2) is 0 Å². The van der Waals surface area contributed by atoms with Crippen molar-refractivity contribution in [3.63, 3.8) is 0 Å². The number of benzene rings is 2. The molecule has 0 bridgehead atoms. The van der Waals surface area contributed by atoms with E-state index in [2.05, 4.69) is 10.0 Å². The minimum absolute atomic E-state index is 0.162. The highest BCUT2D eigenvalue weighted by Gasteiger charge is 2.22. The molecule has 128 valence electrons. The summed E-state index contributed by atoms with van der Waals surface area (Å²) in [5.41, 5.74) is 0.647. The number of carbonyl (C=O) groups excluding carboxylic acids is 1. The standard InChI is InChI=1S/C16H16F2N2O3S/c1-10-3-6-13(9-15(10)18)19-16(21)11(2)20-24(22,23)14-7-4-12(17)5-8-14/h3-9,11,20H,1-2H3,(H,19,21). The number of hydrogen-bond acceptors (Lipinski definition) is 3. The Hall–Kier alpha value is -2.32. The first-order valence-corrected chi connectivity index (χ1v) is 8.52. The number of anilines is 1. The summed E-state index contributed by atoms with van der Waals surface area (Å²) in [5, 5.41) is 2.43. The lowest BCUT2D eigenvalue weighted by molar-refractivity contribution is -0.117. The lowest BCUT2D eigenvalue weighted by Crippen LogP contribution is -2.41. The zero-order valence-corrected chi connectivity index (χ0v) is 13.8. The zero-order chi connectivity index (χ0) is 17.9. The fourth-order valence-corrected chi connectivity index (χ4v) is 3.09. The predicted molar refractivity (Wildman–Crippen MR) is 86.0 cm³/mol. The van der Waals surface area contributed by atoms with Crippen molar-refractivity contribution in [2.24, 2.45) is 0 Å². The van der Waals surface area contributed by atoms with E-state index in [1.54, 1.807) is 6.92 Å². The smallest absolute Gasteiger partial charge is 0.242 e. The van der Waals surface area contributed by atoms with Crippen LogP contribution in [-0.4, -0.2) is 20.4 Å². The molecule has 5 nitrogen and oxygen atoms in total. The number of halogens is 2. The van der Waals surface area contributed by atoms with E-state index in [-0.39, 0.29) is 10.6 Å². The first-order valence-electron chi connectivity index (χ1n) is 7.04. The number of rotatable bonds is 5. The summed E-state index contributed by atoms with van der Waals surface area (Å²) in [6.45, 7) is 2.93. The van der Waals surface area contributed by atoms with E-state index < -0.39 is 33.6 Å². The fourth-order valence-electron chi connectivity index (χ4n) is 1.89. The molecule has 2 aromatic carbocycles. The van der Waals surface area contributed by atoms with Gasteiger partial charge in [0, 0.05) is 5.69 Å². The Balaban J connectivity index is 2.07. The minimum Gasteiger partial charge on any atom is -0.325 e. The fraction of sp³-hybridized carbons (Fsp3) is 0.188. The van der Waals surface area contributed by atoms with Gasteiger partial charge in [-0.25, -0.2) is 17.2 Å². The molecule has 2 rings (SSSR count). The summed E-state index contributed by atoms with van der Waals surface area (Å²) in [5.74, 6) is -1.70. The van der Waals surface area contributed by atoms with E-state index in [9.17, 15) is 22.0 Å². The zero-order valence-electron chi connectivity index (χ0n) is 13.0. The van der Waals surface area contributed by atoms with Crippen LogP contribution < -0.4 is 10.0 Å². The molecule has 0 fully saturated rings. The molecule has 1 atom stereocenters. The summed E-state index contributed by atoms with van der Waals surface area (Å²) in [7, 11) is -3.98.